The first kappa shape index (κ1) is 11.0. The predicted octanol–water partition coefficient (Wildman–Crippen LogP) is 3.26. The lowest BCUT2D eigenvalue weighted by molar-refractivity contribution is 1.11. The van der Waals surface area contributed by atoms with E-state index >= 15 is 0 Å². The second-order valence-corrected chi connectivity index (χ2v) is 4.65. The van der Waals surface area contributed by atoms with Gasteiger partial charge in [0.25, 0.3) is 0 Å². The Labute approximate surface area is 99.9 Å². The Hall–Kier alpha value is -1.48. The van der Waals surface area contributed by atoms with E-state index in [9.17, 15) is 0 Å². The van der Waals surface area contributed by atoms with Gasteiger partial charge in [0, 0.05) is 17.6 Å². The third-order valence-corrected chi connectivity index (χ3v) is 3.35. The van der Waals surface area contributed by atoms with Crippen LogP contribution in [0.1, 0.15) is 11.1 Å². The van der Waals surface area contributed by atoms with Gasteiger partial charge in [-0.25, -0.2) is 4.98 Å². The summed E-state index contributed by atoms with van der Waals surface area (Å²) in [7, 11) is 0. The second-order valence-electron chi connectivity index (χ2n) is 3.65. The fraction of sp³-hybridized carbons (Fsp3) is 0.154. The molecule has 0 fully saturated rings. The van der Waals surface area contributed by atoms with E-state index in [4.69, 9.17) is 5.73 Å². The number of hydrogen-bond acceptors (Lipinski definition) is 3. The normalized spacial score (nSPS) is 10.3. The van der Waals surface area contributed by atoms with Crippen molar-refractivity contribution in [3.63, 3.8) is 0 Å². The predicted molar refractivity (Wildman–Crippen MR) is 69.4 cm³/mol. The summed E-state index contributed by atoms with van der Waals surface area (Å²) < 4.78 is 0. The van der Waals surface area contributed by atoms with Crippen molar-refractivity contribution in [2.24, 2.45) is 0 Å². The maximum absolute atomic E-state index is 5.84. The third kappa shape index (κ3) is 2.76. The fourth-order valence-electron chi connectivity index (χ4n) is 1.33. The average molecular weight is 230 g/mol. The van der Waals surface area contributed by atoms with Gasteiger partial charge >= 0.3 is 0 Å². The number of aryl methyl sites for hydroxylation is 1. The lowest BCUT2D eigenvalue weighted by atomic mass is 10.2. The number of benzene rings is 1. The Morgan fingerprint density at radius 3 is 2.69 bits per heavy atom. The molecule has 0 aliphatic carbocycles. The minimum atomic E-state index is 0.811. The average Bonchev–Trinajstić information content (AvgIpc) is 2.32. The van der Waals surface area contributed by atoms with Crippen molar-refractivity contribution in [2.75, 3.05) is 5.73 Å². The largest absolute Gasteiger partial charge is 0.398 e. The van der Waals surface area contributed by atoms with Gasteiger partial charge in [0.1, 0.15) is 0 Å². The number of pyridine rings is 1. The van der Waals surface area contributed by atoms with Crippen molar-refractivity contribution in [2.45, 2.75) is 17.7 Å². The summed E-state index contributed by atoms with van der Waals surface area (Å²) in [6.07, 6.45) is 1.82. The van der Waals surface area contributed by atoms with Crippen LogP contribution in [-0.4, -0.2) is 4.98 Å². The fourth-order valence-corrected chi connectivity index (χ4v) is 2.17. The molecule has 1 aromatic carbocycles. The molecule has 2 rings (SSSR count). The van der Waals surface area contributed by atoms with Crippen LogP contribution in [0.4, 0.5) is 5.69 Å². The van der Waals surface area contributed by atoms with Crippen LogP contribution in [-0.2, 0) is 5.75 Å². The van der Waals surface area contributed by atoms with E-state index in [1.165, 1.54) is 5.56 Å². The number of nitrogen functional groups attached to an aromatic ring is 1. The first-order chi connectivity index (χ1) is 7.75. The summed E-state index contributed by atoms with van der Waals surface area (Å²) in [5.74, 6) is 0.927. The molecule has 82 valence electrons. The number of aromatic nitrogens is 1. The standard InChI is InChI=1S/C13H14N2S/c1-10-8-15-13(7-12(10)14)16-9-11-5-3-2-4-6-11/h2-8H,9H2,1H3,(H2,14,15). The summed E-state index contributed by atoms with van der Waals surface area (Å²) >= 11 is 1.71. The zero-order valence-electron chi connectivity index (χ0n) is 9.18. The molecule has 0 unspecified atom stereocenters. The Morgan fingerprint density at radius 2 is 2.00 bits per heavy atom. The second kappa shape index (κ2) is 5.03. The molecule has 2 aromatic rings. The molecule has 3 heteroatoms. The Morgan fingerprint density at radius 1 is 1.25 bits per heavy atom. The molecule has 0 saturated heterocycles. The van der Waals surface area contributed by atoms with Crippen LogP contribution in [0.3, 0.4) is 0 Å². The highest BCUT2D eigenvalue weighted by atomic mass is 32.2. The zero-order chi connectivity index (χ0) is 11.4. The van der Waals surface area contributed by atoms with Crippen LogP contribution >= 0.6 is 11.8 Å². The number of rotatable bonds is 3. The molecule has 0 aliphatic rings. The summed E-state index contributed by atoms with van der Waals surface area (Å²) in [6.45, 7) is 1.97. The highest BCUT2D eigenvalue weighted by molar-refractivity contribution is 7.98. The van der Waals surface area contributed by atoms with E-state index in [1.54, 1.807) is 11.8 Å². The van der Waals surface area contributed by atoms with Crippen molar-refractivity contribution in [3.8, 4) is 0 Å². The van der Waals surface area contributed by atoms with Crippen LogP contribution < -0.4 is 5.73 Å². The van der Waals surface area contributed by atoms with Crippen molar-refractivity contribution >= 4 is 17.4 Å². The first-order valence-electron chi connectivity index (χ1n) is 5.14. The molecular weight excluding hydrogens is 216 g/mol. The highest BCUT2D eigenvalue weighted by Crippen LogP contribution is 2.23. The monoisotopic (exact) mass is 230 g/mol. The summed E-state index contributed by atoms with van der Waals surface area (Å²) in [5, 5.41) is 0.979. The maximum atomic E-state index is 5.84. The van der Waals surface area contributed by atoms with Crippen molar-refractivity contribution in [3.05, 3.63) is 53.7 Å². The van der Waals surface area contributed by atoms with Gasteiger partial charge in [-0.15, -0.1) is 11.8 Å². The molecule has 16 heavy (non-hydrogen) atoms. The number of nitrogens with zero attached hydrogens (tertiary/aromatic N) is 1. The number of thioether (sulfide) groups is 1. The van der Waals surface area contributed by atoms with Crippen LogP contribution in [0, 0.1) is 6.92 Å². The third-order valence-electron chi connectivity index (χ3n) is 2.35. The van der Waals surface area contributed by atoms with Crippen LogP contribution in [0.2, 0.25) is 0 Å². The lowest BCUT2D eigenvalue weighted by Crippen LogP contribution is -1.92. The van der Waals surface area contributed by atoms with Crippen molar-refractivity contribution < 1.29 is 0 Å². The van der Waals surface area contributed by atoms with E-state index < -0.39 is 0 Å². The lowest BCUT2D eigenvalue weighted by Gasteiger charge is -2.04. The van der Waals surface area contributed by atoms with Gasteiger partial charge in [0.2, 0.25) is 0 Å². The van der Waals surface area contributed by atoms with E-state index in [-0.39, 0.29) is 0 Å². The van der Waals surface area contributed by atoms with Crippen molar-refractivity contribution in [1.82, 2.24) is 4.98 Å². The molecule has 0 radical (unpaired) electrons. The molecule has 1 heterocycles. The van der Waals surface area contributed by atoms with Crippen LogP contribution in [0.15, 0.2) is 47.6 Å². The van der Waals surface area contributed by atoms with E-state index in [0.29, 0.717) is 0 Å². The summed E-state index contributed by atoms with van der Waals surface area (Å²) in [4.78, 5) is 4.34. The van der Waals surface area contributed by atoms with E-state index in [0.717, 1.165) is 22.0 Å². The SMILES string of the molecule is Cc1cnc(SCc2ccccc2)cc1N. The van der Waals surface area contributed by atoms with Gasteiger partial charge < -0.3 is 5.73 Å². The molecule has 1 aromatic heterocycles. The van der Waals surface area contributed by atoms with Gasteiger partial charge in [0.05, 0.1) is 5.03 Å². The topological polar surface area (TPSA) is 38.9 Å². The number of hydrogen-bond donors (Lipinski definition) is 1. The molecule has 2 N–H and O–H groups in total. The molecule has 0 bridgehead atoms. The molecule has 0 saturated carbocycles. The number of nitrogens with two attached hydrogens (primary N) is 1. The molecule has 0 amide bonds. The van der Waals surface area contributed by atoms with E-state index in [1.807, 2.05) is 37.4 Å². The Bertz CT molecular complexity index is 469. The van der Waals surface area contributed by atoms with Crippen LogP contribution in [0.5, 0.6) is 0 Å². The van der Waals surface area contributed by atoms with Gasteiger partial charge in [-0.1, -0.05) is 30.3 Å². The maximum Gasteiger partial charge on any atom is 0.0983 e. The van der Waals surface area contributed by atoms with Gasteiger partial charge in [-0.05, 0) is 24.1 Å². The van der Waals surface area contributed by atoms with Gasteiger partial charge in [-0.2, -0.15) is 0 Å². The molecule has 0 spiro atoms. The molecule has 2 nitrogen and oxygen atoms in total. The van der Waals surface area contributed by atoms with Crippen LogP contribution in [0.25, 0.3) is 0 Å². The molecular formula is C13H14N2S. The Kier molecular flexibility index (Phi) is 3.47. The minimum Gasteiger partial charge on any atom is -0.398 e. The quantitative estimate of drug-likeness (QED) is 0.822. The van der Waals surface area contributed by atoms with Crippen molar-refractivity contribution in [1.29, 1.82) is 0 Å². The van der Waals surface area contributed by atoms with Gasteiger partial charge in [-0.3, -0.25) is 0 Å². The Balaban J connectivity index is 2.03. The smallest absolute Gasteiger partial charge is 0.0983 e. The summed E-state index contributed by atoms with van der Waals surface area (Å²) in [6, 6.07) is 12.3. The highest BCUT2D eigenvalue weighted by Gasteiger charge is 2.00. The molecule has 0 atom stereocenters. The zero-order valence-corrected chi connectivity index (χ0v) is 10.00. The summed E-state index contributed by atoms with van der Waals surface area (Å²) in [5.41, 5.74) is 8.98. The van der Waals surface area contributed by atoms with Gasteiger partial charge in [0.15, 0.2) is 0 Å². The molecule has 0 aliphatic heterocycles. The minimum absolute atomic E-state index is 0.811. The van der Waals surface area contributed by atoms with E-state index in [2.05, 4.69) is 17.1 Å². The first-order valence-corrected chi connectivity index (χ1v) is 6.13. The number of anilines is 1.